The number of ether oxygens (including phenoxy) is 3. The van der Waals surface area contributed by atoms with Crippen LogP contribution in [-0.2, 0) is 6.54 Å². The van der Waals surface area contributed by atoms with Crippen LogP contribution >= 0.6 is 11.6 Å². The van der Waals surface area contributed by atoms with E-state index in [4.69, 9.17) is 30.8 Å². The van der Waals surface area contributed by atoms with Gasteiger partial charge in [0, 0.05) is 10.6 Å². The molecule has 0 aliphatic heterocycles. The van der Waals surface area contributed by atoms with Crippen LogP contribution in [0.25, 0.3) is 11.0 Å². The number of hydrogen-bond donors (Lipinski definition) is 1. The first-order valence-electron chi connectivity index (χ1n) is 10.8. The Hall–Kier alpha value is -3.71. The molecule has 34 heavy (non-hydrogen) atoms. The standard InChI is InChI=1S/C26H26ClN3O4/c1-16(28-26(31)18-13-22(32-2)24(34-4)23(14-18)33-3)25-29-20-11-7-8-12-21(20)30(25)15-17-9-5-6-10-19(17)27/h5-14,16H,15H2,1-4H3,(H,28,31). The first kappa shape index (κ1) is 23.4. The second-order valence-corrected chi connectivity index (χ2v) is 8.15. The van der Waals surface area contributed by atoms with E-state index in [1.807, 2.05) is 55.5 Å². The zero-order chi connectivity index (χ0) is 24.2. The highest BCUT2D eigenvalue weighted by Gasteiger charge is 2.22. The number of carbonyl (C=O) groups is 1. The van der Waals surface area contributed by atoms with Crippen molar-refractivity contribution >= 4 is 28.5 Å². The highest BCUT2D eigenvalue weighted by Crippen LogP contribution is 2.38. The maximum absolute atomic E-state index is 13.2. The molecule has 1 aromatic heterocycles. The lowest BCUT2D eigenvalue weighted by molar-refractivity contribution is 0.0937. The molecule has 0 bridgehead atoms. The normalized spacial score (nSPS) is 11.8. The zero-order valence-corrected chi connectivity index (χ0v) is 20.2. The summed E-state index contributed by atoms with van der Waals surface area (Å²) in [4.78, 5) is 18.0. The fourth-order valence-electron chi connectivity index (χ4n) is 3.94. The van der Waals surface area contributed by atoms with E-state index >= 15 is 0 Å². The van der Waals surface area contributed by atoms with E-state index in [1.54, 1.807) is 12.1 Å². The van der Waals surface area contributed by atoms with Crippen molar-refractivity contribution in [3.63, 3.8) is 0 Å². The molecule has 1 heterocycles. The van der Waals surface area contributed by atoms with Gasteiger partial charge in [-0.15, -0.1) is 0 Å². The van der Waals surface area contributed by atoms with E-state index in [0.717, 1.165) is 22.4 Å². The minimum absolute atomic E-state index is 0.289. The highest BCUT2D eigenvalue weighted by atomic mass is 35.5. The van der Waals surface area contributed by atoms with Crippen LogP contribution in [0.3, 0.4) is 0 Å². The topological polar surface area (TPSA) is 74.6 Å². The fraction of sp³-hybridized carbons (Fsp3) is 0.231. The average molecular weight is 480 g/mol. The smallest absolute Gasteiger partial charge is 0.252 e. The summed E-state index contributed by atoms with van der Waals surface area (Å²) in [6, 6.07) is 18.4. The molecule has 0 aliphatic rings. The second-order valence-electron chi connectivity index (χ2n) is 7.75. The Morgan fingerprint density at radius 1 is 1.00 bits per heavy atom. The van der Waals surface area contributed by atoms with E-state index in [2.05, 4.69) is 9.88 Å². The predicted octanol–water partition coefficient (Wildman–Crippen LogP) is 5.25. The maximum Gasteiger partial charge on any atom is 0.252 e. The lowest BCUT2D eigenvalue weighted by Gasteiger charge is -2.18. The van der Waals surface area contributed by atoms with Crippen molar-refractivity contribution < 1.29 is 19.0 Å². The Morgan fingerprint density at radius 2 is 1.65 bits per heavy atom. The highest BCUT2D eigenvalue weighted by molar-refractivity contribution is 6.31. The molecule has 1 amide bonds. The number of aromatic nitrogens is 2. The van der Waals surface area contributed by atoms with Gasteiger partial charge in [-0.2, -0.15) is 0 Å². The van der Waals surface area contributed by atoms with E-state index in [0.29, 0.717) is 34.4 Å². The summed E-state index contributed by atoms with van der Waals surface area (Å²) in [6.07, 6.45) is 0. The third-order valence-corrected chi connectivity index (χ3v) is 6.00. The minimum atomic E-state index is -0.388. The van der Waals surface area contributed by atoms with Crippen LogP contribution < -0.4 is 19.5 Å². The SMILES string of the molecule is COc1cc(C(=O)NC(C)c2nc3ccccc3n2Cc2ccccc2Cl)cc(OC)c1OC. The van der Waals surface area contributed by atoms with Gasteiger partial charge in [-0.05, 0) is 42.8 Å². The Bertz CT molecular complexity index is 1310. The number of halogens is 1. The van der Waals surface area contributed by atoms with Crippen LogP contribution in [0.1, 0.15) is 34.7 Å². The van der Waals surface area contributed by atoms with Crippen LogP contribution in [-0.4, -0.2) is 36.8 Å². The van der Waals surface area contributed by atoms with E-state index in [1.165, 1.54) is 21.3 Å². The number of nitrogens with one attached hydrogen (secondary N) is 1. The van der Waals surface area contributed by atoms with Crippen LogP contribution in [0.15, 0.2) is 60.7 Å². The summed E-state index contributed by atoms with van der Waals surface area (Å²) in [7, 11) is 4.54. The summed E-state index contributed by atoms with van der Waals surface area (Å²) in [5, 5.41) is 3.73. The molecule has 1 unspecified atom stereocenters. The van der Waals surface area contributed by atoms with Gasteiger partial charge >= 0.3 is 0 Å². The molecule has 0 spiro atoms. The number of carbonyl (C=O) groups excluding carboxylic acids is 1. The maximum atomic E-state index is 13.2. The van der Waals surface area contributed by atoms with Crippen molar-refractivity contribution in [3.05, 3.63) is 82.6 Å². The van der Waals surface area contributed by atoms with Gasteiger partial charge in [0.1, 0.15) is 5.82 Å². The molecule has 8 heteroatoms. The van der Waals surface area contributed by atoms with Gasteiger partial charge in [0.05, 0.1) is 44.9 Å². The summed E-state index contributed by atoms with van der Waals surface area (Å²) in [6.45, 7) is 2.43. The van der Waals surface area contributed by atoms with Crippen molar-refractivity contribution in [2.45, 2.75) is 19.5 Å². The predicted molar refractivity (Wildman–Crippen MR) is 132 cm³/mol. The van der Waals surface area contributed by atoms with Gasteiger partial charge in [0.25, 0.3) is 5.91 Å². The largest absolute Gasteiger partial charge is 0.493 e. The average Bonchev–Trinajstić information content (AvgIpc) is 3.22. The Kier molecular flexibility index (Phi) is 6.93. The van der Waals surface area contributed by atoms with E-state index in [9.17, 15) is 4.79 Å². The Labute approximate surface area is 203 Å². The van der Waals surface area contributed by atoms with Gasteiger partial charge in [-0.1, -0.05) is 41.9 Å². The molecule has 0 aliphatic carbocycles. The van der Waals surface area contributed by atoms with Crippen molar-refractivity contribution in [1.82, 2.24) is 14.9 Å². The molecular weight excluding hydrogens is 454 g/mol. The van der Waals surface area contributed by atoms with E-state index in [-0.39, 0.29) is 11.9 Å². The summed E-state index contributed by atoms with van der Waals surface area (Å²) >= 11 is 6.43. The van der Waals surface area contributed by atoms with Gasteiger partial charge in [0.2, 0.25) is 5.75 Å². The molecule has 7 nitrogen and oxygen atoms in total. The first-order chi connectivity index (χ1) is 16.5. The number of amides is 1. The van der Waals surface area contributed by atoms with Crippen molar-refractivity contribution in [1.29, 1.82) is 0 Å². The Morgan fingerprint density at radius 3 is 2.29 bits per heavy atom. The zero-order valence-electron chi connectivity index (χ0n) is 19.5. The number of imidazole rings is 1. The Balaban J connectivity index is 1.68. The number of fused-ring (bicyclic) bond motifs is 1. The van der Waals surface area contributed by atoms with Crippen molar-refractivity contribution in [2.24, 2.45) is 0 Å². The molecule has 3 aromatic carbocycles. The van der Waals surface area contributed by atoms with Crippen LogP contribution in [0.4, 0.5) is 0 Å². The molecule has 176 valence electrons. The molecule has 0 saturated heterocycles. The quantitative estimate of drug-likeness (QED) is 0.373. The van der Waals surface area contributed by atoms with Gasteiger partial charge in [0.15, 0.2) is 11.5 Å². The lowest BCUT2D eigenvalue weighted by Crippen LogP contribution is -2.29. The van der Waals surface area contributed by atoms with Crippen LogP contribution in [0.5, 0.6) is 17.2 Å². The second kappa shape index (κ2) is 10.1. The fourth-order valence-corrected chi connectivity index (χ4v) is 4.14. The third kappa shape index (κ3) is 4.52. The molecule has 0 radical (unpaired) electrons. The molecule has 1 atom stereocenters. The summed E-state index contributed by atoms with van der Waals surface area (Å²) in [5.74, 6) is 1.68. The van der Waals surface area contributed by atoms with Gasteiger partial charge < -0.3 is 24.1 Å². The molecular formula is C26H26ClN3O4. The summed E-state index contributed by atoms with van der Waals surface area (Å²) < 4.78 is 18.2. The molecule has 1 N–H and O–H groups in total. The first-order valence-corrected chi connectivity index (χ1v) is 11.1. The number of para-hydroxylation sites is 2. The third-order valence-electron chi connectivity index (χ3n) is 5.63. The number of nitrogens with zero attached hydrogens (tertiary/aromatic N) is 2. The molecule has 4 rings (SSSR count). The van der Waals surface area contributed by atoms with Gasteiger partial charge in [-0.3, -0.25) is 4.79 Å². The number of methoxy groups -OCH3 is 3. The molecule has 0 fully saturated rings. The van der Waals surface area contributed by atoms with E-state index < -0.39 is 0 Å². The number of hydrogen-bond acceptors (Lipinski definition) is 5. The number of rotatable bonds is 8. The van der Waals surface area contributed by atoms with Crippen LogP contribution in [0, 0.1) is 0 Å². The number of benzene rings is 3. The molecule has 4 aromatic rings. The minimum Gasteiger partial charge on any atom is -0.493 e. The van der Waals surface area contributed by atoms with Gasteiger partial charge in [-0.25, -0.2) is 4.98 Å². The monoisotopic (exact) mass is 479 g/mol. The lowest BCUT2D eigenvalue weighted by atomic mass is 10.1. The molecule has 0 saturated carbocycles. The van der Waals surface area contributed by atoms with Crippen molar-refractivity contribution in [3.8, 4) is 17.2 Å². The van der Waals surface area contributed by atoms with Crippen molar-refractivity contribution in [2.75, 3.05) is 21.3 Å². The summed E-state index contributed by atoms with van der Waals surface area (Å²) in [5.41, 5.74) is 3.16. The van der Waals surface area contributed by atoms with Crippen LogP contribution in [0.2, 0.25) is 5.02 Å².